The summed E-state index contributed by atoms with van der Waals surface area (Å²) < 4.78 is 6.74. The number of esters is 1. The minimum absolute atomic E-state index is 0. The molecule has 7 heteroatoms. The average Bonchev–Trinajstić information content (AvgIpc) is 2.54. The molecule has 0 aliphatic carbocycles. The van der Waals surface area contributed by atoms with E-state index >= 15 is 0 Å². The Labute approximate surface area is 144 Å². The Kier molecular flexibility index (Phi) is 5.21. The van der Waals surface area contributed by atoms with Gasteiger partial charge in [0.25, 0.3) is 5.56 Å². The highest BCUT2D eigenvalue weighted by molar-refractivity contribution is 5.99. The van der Waals surface area contributed by atoms with E-state index in [0.717, 1.165) is 5.39 Å². The maximum atomic E-state index is 12.4. The first-order chi connectivity index (χ1) is 11.1. The van der Waals surface area contributed by atoms with Crippen LogP contribution >= 0.6 is 0 Å². The predicted octanol–water partition coefficient (Wildman–Crippen LogP) is -1.43. The van der Waals surface area contributed by atoms with Crippen molar-refractivity contribution in [2.75, 3.05) is 12.3 Å². The number of fused-ring (bicyclic) bond motifs is 1. The van der Waals surface area contributed by atoms with Gasteiger partial charge in [-0.2, -0.15) is 4.57 Å². The van der Waals surface area contributed by atoms with E-state index in [2.05, 4.69) is 4.98 Å². The first kappa shape index (κ1) is 17.5. The zero-order chi connectivity index (χ0) is 16.4. The maximum Gasteiger partial charge on any atom is 0.350 e. The fourth-order valence-electron chi connectivity index (χ4n) is 2.47. The summed E-state index contributed by atoms with van der Waals surface area (Å²) in [7, 11) is 0. The lowest BCUT2D eigenvalue weighted by Crippen LogP contribution is -3.00. The van der Waals surface area contributed by atoms with Crippen LogP contribution in [-0.4, -0.2) is 17.6 Å². The summed E-state index contributed by atoms with van der Waals surface area (Å²) in [6.45, 7) is 1.89. The van der Waals surface area contributed by atoms with Crippen LogP contribution in [0.1, 0.15) is 17.3 Å². The van der Waals surface area contributed by atoms with Crippen LogP contribution < -0.4 is 28.3 Å². The second-order valence-electron chi connectivity index (χ2n) is 4.98. The molecule has 0 unspecified atom stereocenters. The number of benzene rings is 1. The van der Waals surface area contributed by atoms with Crippen LogP contribution in [0, 0.1) is 0 Å². The normalized spacial score (nSPS) is 10.2. The molecule has 0 bridgehead atoms. The number of halogens is 1. The van der Waals surface area contributed by atoms with Gasteiger partial charge in [0, 0.05) is 17.8 Å². The molecule has 0 atom stereocenters. The predicted molar refractivity (Wildman–Crippen MR) is 86.5 cm³/mol. The van der Waals surface area contributed by atoms with Crippen molar-refractivity contribution in [3.05, 3.63) is 64.7 Å². The molecule has 124 valence electrons. The number of hydrogen-bond donors (Lipinski definition) is 2. The van der Waals surface area contributed by atoms with Crippen molar-refractivity contribution in [3.8, 4) is 5.69 Å². The number of nitrogen functional groups attached to an aromatic ring is 1. The summed E-state index contributed by atoms with van der Waals surface area (Å²) in [5, 5.41) is 0.741. The summed E-state index contributed by atoms with van der Waals surface area (Å²) in [6, 6.07) is 10.7. The molecule has 0 saturated heterocycles. The molecule has 0 aliphatic rings. The Bertz CT molecular complexity index is 936. The van der Waals surface area contributed by atoms with Gasteiger partial charge in [-0.05, 0) is 19.1 Å². The van der Waals surface area contributed by atoms with Gasteiger partial charge in [0.15, 0.2) is 18.0 Å². The Hall–Kier alpha value is -2.86. The summed E-state index contributed by atoms with van der Waals surface area (Å²) in [5.41, 5.74) is 6.92. The number of ether oxygens (including phenoxy) is 1. The summed E-state index contributed by atoms with van der Waals surface area (Å²) in [4.78, 5) is 27.4. The van der Waals surface area contributed by atoms with E-state index < -0.39 is 11.5 Å². The van der Waals surface area contributed by atoms with Crippen LogP contribution in [0.4, 0.5) is 5.69 Å². The number of hydrogen-bond acceptors (Lipinski definition) is 4. The zero-order valence-electron chi connectivity index (χ0n) is 13.0. The van der Waals surface area contributed by atoms with Crippen LogP contribution in [-0.2, 0) is 4.74 Å². The SMILES string of the molecule is CCOC(=O)c1c(-[n+]2ccc(N)cc2)c2ccccc2[nH]c1=O.[Cl-]. The molecule has 3 N–H and O–H groups in total. The third kappa shape index (κ3) is 3.09. The van der Waals surface area contributed by atoms with Crippen molar-refractivity contribution < 1.29 is 26.5 Å². The van der Waals surface area contributed by atoms with Crippen molar-refractivity contribution in [1.82, 2.24) is 4.98 Å². The largest absolute Gasteiger partial charge is 1.00 e. The smallest absolute Gasteiger partial charge is 0.350 e. The van der Waals surface area contributed by atoms with Crippen molar-refractivity contribution in [2.45, 2.75) is 6.92 Å². The van der Waals surface area contributed by atoms with E-state index in [-0.39, 0.29) is 24.6 Å². The Morgan fingerprint density at radius 3 is 2.54 bits per heavy atom. The first-order valence-corrected chi connectivity index (χ1v) is 7.21. The third-order valence-electron chi connectivity index (χ3n) is 3.49. The molecule has 1 aromatic carbocycles. The van der Waals surface area contributed by atoms with Crippen molar-refractivity contribution in [1.29, 1.82) is 0 Å². The van der Waals surface area contributed by atoms with Gasteiger partial charge in [-0.25, -0.2) is 4.79 Å². The monoisotopic (exact) mass is 345 g/mol. The minimum atomic E-state index is -0.654. The van der Waals surface area contributed by atoms with E-state index in [1.165, 1.54) is 0 Å². The summed E-state index contributed by atoms with van der Waals surface area (Å²) in [5.74, 6) is -0.654. The molecular formula is C17H16ClN3O3. The molecule has 6 nitrogen and oxygen atoms in total. The Balaban J connectivity index is 0.00000208. The molecule has 0 fully saturated rings. The number of nitrogens with two attached hydrogens (primary N) is 1. The molecule has 0 amide bonds. The molecule has 2 heterocycles. The summed E-state index contributed by atoms with van der Waals surface area (Å²) >= 11 is 0. The van der Waals surface area contributed by atoms with Crippen molar-refractivity contribution >= 4 is 22.6 Å². The fraction of sp³-hybridized carbons (Fsp3) is 0.118. The van der Waals surface area contributed by atoms with Gasteiger partial charge < -0.3 is 27.9 Å². The van der Waals surface area contributed by atoms with Crippen molar-refractivity contribution in [3.63, 3.8) is 0 Å². The average molecular weight is 346 g/mol. The Morgan fingerprint density at radius 2 is 1.88 bits per heavy atom. The van der Waals surface area contributed by atoms with Gasteiger partial charge >= 0.3 is 5.97 Å². The molecule has 0 spiro atoms. The standard InChI is InChI=1S/C17H15N3O3.ClH/c1-2-23-17(22)14-15(20-9-7-11(18)8-10-20)12-5-3-4-6-13(12)19-16(14)21;/h3-10,18H,2H2,1H3,(H,19,21,22);1H. The van der Waals surface area contributed by atoms with Crippen LogP contribution in [0.15, 0.2) is 53.6 Å². The first-order valence-electron chi connectivity index (χ1n) is 7.21. The topological polar surface area (TPSA) is 89.1 Å². The highest BCUT2D eigenvalue weighted by Crippen LogP contribution is 2.19. The lowest BCUT2D eigenvalue weighted by atomic mass is 10.1. The number of nitrogens with zero attached hydrogens (tertiary/aromatic N) is 1. The zero-order valence-corrected chi connectivity index (χ0v) is 13.7. The lowest BCUT2D eigenvalue weighted by molar-refractivity contribution is -0.594. The number of aromatic nitrogens is 2. The number of carbonyl (C=O) groups is 1. The van der Waals surface area contributed by atoms with E-state index in [4.69, 9.17) is 10.5 Å². The van der Waals surface area contributed by atoms with Crippen LogP contribution in [0.25, 0.3) is 16.6 Å². The van der Waals surface area contributed by atoms with E-state index in [0.29, 0.717) is 16.9 Å². The number of para-hydroxylation sites is 1. The maximum absolute atomic E-state index is 12.4. The van der Waals surface area contributed by atoms with Gasteiger partial charge in [-0.15, -0.1) is 0 Å². The number of rotatable bonds is 3. The third-order valence-corrected chi connectivity index (χ3v) is 3.49. The fourth-order valence-corrected chi connectivity index (χ4v) is 2.47. The number of aromatic amines is 1. The molecule has 2 aromatic heterocycles. The highest BCUT2D eigenvalue weighted by Gasteiger charge is 2.27. The number of carbonyl (C=O) groups excluding carboxylic acids is 1. The van der Waals surface area contributed by atoms with Crippen LogP contribution in [0.5, 0.6) is 0 Å². The molecule has 0 aliphatic heterocycles. The summed E-state index contributed by atoms with van der Waals surface area (Å²) in [6.07, 6.45) is 3.42. The van der Waals surface area contributed by atoms with Gasteiger partial charge in [-0.1, -0.05) is 12.1 Å². The highest BCUT2D eigenvalue weighted by atomic mass is 35.5. The molecular weight excluding hydrogens is 330 g/mol. The van der Waals surface area contributed by atoms with Crippen molar-refractivity contribution in [2.24, 2.45) is 0 Å². The van der Waals surface area contributed by atoms with E-state index in [1.54, 1.807) is 42.1 Å². The number of nitrogens with one attached hydrogen (secondary N) is 1. The molecule has 3 rings (SSSR count). The number of anilines is 1. The second-order valence-corrected chi connectivity index (χ2v) is 4.98. The molecule has 0 radical (unpaired) electrons. The van der Waals surface area contributed by atoms with Crippen LogP contribution in [0.3, 0.4) is 0 Å². The lowest BCUT2D eigenvalue weighted by Gasteiger charge is -2.07. The molecule has 24 heavy (non-hydrogen) atoms. The van der Waals surface area contributed by atoms with E-state index in [9.17, 15) is 9.59 Å². The van der Waals surface area contributed by atoms with Crippen LogP contribution in [0.2, 0.25) is 0 Å². The molecule has 0 saturated carbocycles. The van der Waals surface area contributed by atoms with Gasteiger partial charge in [-0.3, -0.25) is 4.79 Å². The second kappa shape index (κ2) is 7.14. The Morgan fingerprint density at radius 1 is 1.21 bits per heavy atom. The van der Waals surface area contributed by atoms with E-state index in [1.807, 2.05) is 18.2 Å². The van der Waals surface area contributed by atoms with Gasteiger partial charge in [0.2, 0.25) is 5.69 Å². The number of H-pyrrole nitrogens is 1. The minimum Gasteiger partial charge on any atom is -1.00 e. The quantitative estimate of drug-likeness (QED) is 0.450. The molecule has 3 aromatic rings. The van der Waals surface area contributed by atoms with Gasteiger partial charge in [0.1, 0.15) is 0 Å². The number of pyridine rings is 2. The van der Waals surface area contributed by atoms with Gasteiger partial charge in [0.05, 0.1) is 17.5 Å².